The second-order valence-electron chi connectivity index (χ2n) is 7.55. The lowest BCUT2D eigenvalue weighted by Gasteiger charge is -2.13. The Labute approximate surface area is 158 Å². The molecule has 4 rings (SSSR count). The molecule has 27 heavy (non-hydrogen) atoms. The number of fused-ring (bicyclic) bond motifs is 1. The predicted octanol–water partition coefficient (Wildman–Crippen LogP) is 2.29. The van der Waals surface area contributed by atoms with Crippen LogP contribution in [0.3, 0.4) is 0 Å². The van der Waals surface area contributed by atoms with Crippen LogP contribution in [0.15, 0.2) is 40.8 Å². The van der Waals surface area contributed by atoms with E-state index in [-0.39, 0.29) is 35.6 Å². The molecule has 6 heteroatoms. The normalized spacial score (nSPS) is 26.9. The molecular formula is C21H24N2O4. The minimum atomic E-state index is -0.359. The van der Waals surface area contributed by atoms with Gasteiger partial charge < -0.3 is 20.2 Å². The zero-order chi connectivity index (χ0) is 19.1. The summed E-state index contributed by atoms with van der Waals surface area (Å²) >= 11 is 0. The van der Waals surface area contributed by atoms with Gasteiger partial charge in [-0.1, -0.05) is 37.3 Å². The van der Waals surface area contributed by atoms with E-state index >= 15 is 0 Å². The van der Waals surface area contributed by atoms with Gasteiger partial charge in [0.2, 0.25) is 0 Å². The number of furan rings is 1. The van der Waals surface area contributed by atoms with Gasteiger partial charge in [0.25, 0.3) is 11.8 Å². The minimum Gasteiger partial charge on any atom is -0.454 e. The van der Waals surface area contributed by atoms with E-state index in [1.165, 1.54) is 13.1 Å². The van der Waals surface area contributed by atoms with Gasteiger partial charge in [-0.25, -0.2) is 0 Å². The molecule has 5 atom stereocenters. The highest BCUT2D eigenvalue weighted by Crippen LogP contribution is 2.52. The minimum absolute atomic E-state index is 0.110. The molecule has 2 unspecified atom stereocenters. The molecule has 6 nitrogen and oxygen atoms in total. The van der Waals surface area contributed by atoms with Gasteiger partial charge in [-0.05, 0) is 30.2 Å². The Morgan fingerprint density at radius 3 is 2.44 bits per heavy atom. The maximum atomic E-state index is 12.9. The molecule has 142 valence electrons. The highest BCUT2D eigenvalue weighted by atomic mass is 16.4. The standard InChI is InChI=1S/C21H24N2O4/c1-11(12-6-4-3-5-7-12)19-16(10-17(27-19)21(26)22-2)20(25)23-18-14-8-13(24)9-15(14)18/h3-7,10-11,13-15,18,24H,8-9H2,1-2H3,(H,22,26)(H,23,25)/t11-,13?,14-,15+,18?/m0/s1. The number of aliphatic hydroxyl groups is 1. The fourth-order valence-electron chi connectivity index (χ4n) is 4.29. The molecule has 2 aromatic rings. The second kappa shape index (κ2) is 6.85. The van der Waals surface area contributed by atoms with Crippen molar-refractivity contribution in [2.45, 2.75) is 37.8 Å². The van der Waals surface area contributed by atoms with Crippen LogP contribution < -0.4 is 10.6 Å². The Bertz CT molecular complexity index is 848. The van der Waals surface area contributed by atoms with Gasteiger partial charge in [0.15, 0.2) is 5.76 Å². The molecule has 2 aliphatic rings. The van der Waals surface area contributed by atoms with E-state index in [0.29, 0.717) is 23.2 Å². The third kappa shape index (κ3) is 3.25. The Morgan fingerprint density at radius 2 is 1.81 bits per heavy atom. The van der Waals surface area contributed by atoms with Crippen LogP contribution in [0, 0.1) is 11.8 Å². The van der Waals surface area contributed by atoms with Crippen LogP contribution >= 0.6 is 0 Å². The lowest BCUT2D eigenvalue weighted by Crippen LogP contribution is -2.30. The van der Waals surface area contributed by atoms with Crippen molar-refractivity contribution >= 4 is 11.8 Å². The molecule has 2 saturated carbocycles. The van der Waals surface area contributed by atoms with E-state index < -0.39 is 0 Å². The molecule has 2 aliphatic carbocycles. The monoisotopic (exact) mass is 368 g/mol. The quantitative estimate of drug-likeness (QED) is 0.755. The Balaban J connectivity index is 1.59. The molecule has 2 amide bonds. The lowest BCUT2D eigenvalue weighted by molar-refractivity contribution is 0.0924. The first kappa shape index (κ1) is 17.8. The number of nitrogens with one attached hydrogen (secondary N) is 2. The van der Waals surface area contributed by atoms with Crippen molar-refractivity contribution in [3.8, 4) is 0 Å². The topological polar surface area (TPSA) is 91.6 Å². The number of hydrogen-bond acceptors (Lipinski definition) is 4. The first-order valence-corrected chi connectivity index (χ1v) is 9.39. The summed E-state index contributed by atoms with van der Waals surface area (Å²) < 4.78 is 5.80. The van der Waals surface area contributed by atoms with Gasteiger partial charge in [0.1, 0.15) is 5.76 Å². The van der Waals surface area contributed by atoms with Gasteiger partial charge in [-0.3, -0.25) is 9.59 Å². The third-order valence-electron chi connectivity index (χ3n) is 5.87. The molecule has 3 N–H and O–H groups in total. The van der Waals surface area contributed by atoms with E-state index in [1.807, 2.05) is 37.3 Å². The molecule has 2 fully saturated rings. The van der Waals surface area contributed by atoms with Gasteiger partial charge >= 0.3 is 0 Å². The van der Waals surface area contributed by atoms with Crippen molar-refractivity contribution in [3.05, 3.63) is 59.0 Å². The first-order chi connectivity index (χ1) is 13.0. The number of amides is 2. The van der Waals surface area contributed by atoms with E-state index in [9.17, 15) is 14.7 Å². The van der Waals surface area contributed by atoms with Crippen molar-refractivity contribution in [2.24, 2.45) is 11.8 Å². The van der Waals surface area contributed by atoms with Crippen LogP contribution in [0.2, 0.25) is 0 Å². The Hall–Kier alpha value is -2.60. The molecule has 0 bridgehead atoms. The maximum Gasteiger partial charge on any atom is 0.286 e. The average Bonchev–Trinajstić information content (AvgIpc) is 3.07. The van der Waals surface area contributed by atoms with Crippen LogP contribution in [0.1, 0.15) is 57.9 Å². The summed E-state index contributed by atoms with van der Waals surface area (Å²) in [5, 5.41) is 15.3. The Kier molecular flexibility index (Phi) is 4.52. The Morgan fingerprint density at radius 1 is 1.15 bits per heavy atom. The summed E-state index contributed by atoms with van der Waals surface area (Å²) in [6.07, 6.45) is 1.26. The molecule has 0 radical (unpaired) electrons. The van der Waals surface area contributed by atoms with E-state index in [2.05, 4.69) is 10.6 Å². The van der Waals surface area contributed by atoms with Crippen molar-refractivity contribution in [1.82, 2.24) is 10.6 Å². The van der Waals surface area contributed by atoms with E-state index in [4.69, 9.17) is 4.42 Å². The number of benzene rings is 1. The molecule has 0 saturated heterocycles. The highest BCUT2D eigenvalue weighted by Gasteiger charge is 2.56. The van der Waals surface area contributed by atoms with Crippen molar-refractivity contribution in [1.29, 1.82) is 0 Å². The van der Waals surface area contributed by atoms with Crippen LogP contribution in [-0.2, 0) is 0 Å². The number of hydrogen-bond donors (Lipinski definition) is 3. The summed E-state index contributed by atoms with van der Waals surface area (Å²) in [5.74, 6) is 0.608. The van der Waals surface area contributed by atoms with Crippen LogP contribution in [0.5, 0.6) is 0 Å². The van der Waals surface area contributed by atoms with Crippen molar-refractivity contribution < 1.29 is 19.1 Å². The van der Waals surface area contributed by atoms with Crippen LogP contribution in [0.4, 0.5) is 0 Å². The third-order valence-corrected chi connectivity index (χ3v) is 5.87. The number of carbonyl (C=O) groups is 2. The lowest BCUT2D eigenvalue weighted by atomic mass is 9.96. The van der Waals surface area contributed by atoms with Gasteiger partial charge in [0.05, 0.1) is 11.7 Å². The molecule has 0 spiro atoms. The highest BCUT2D eigenvalue weighted by molar-refractivity contribution is 5.99. The second-order valence-corrected chi connectivity index (χ2v) is 7.55. The molecular weight excluding hydrogens is 344 g/mol. The molecule has 1 aromatic heterocycles. The summed E-state index contributed by atoms with van der Waals surface area (Å²) in [5.41, 5.74) is 1.41. The summed E-state index contributed by atoms with van der Waals surface area (Å²) in [6, 6.07) is 11.4. The van der Waals surface area contributed by atoms with Crippen LogP contribution in [0.25, 0.3) is 0 Å². The zero-order valence-corrected chi connectivity index (χ0v) is 15.4. The van der Waals surface area contributed by atoms with Crippen molar-refractivity contribution in [3.63, 3.8) is 0 Å². The van der Waals surface area contributed by atoms with Gasteiger partial charge in [0, 0.05) is 25.1 Å². The van der Waals surface area contributed by atoms with E-state index in [1.54, 1.807) is 0 Å². The first-order valence-electron chi connectivity index (χ1n) is 9.39. The smallest absolute Gasteiger partial charge is 0.286 e. The fourth-order valence-corrected chi connectivity index (χ4v) is 4.29. The number of carbonyl (C=O) groups excluding carboxylic acids is 2. The molecule has 1 aromatic carbocycles. The maximum absolute atomic E-state index is 12.9. The zero-order valence-electron chi connectivity index (χ0n) is 15.4. The summed E-state index contributed by atoms with van der Waals surface area (Å²) in [7, 11) is 1.53. The fraction of sp³-hybridized carbons (Fsp3) is 0.429. The molecule has 0 aliphatic heterocycles. The number of rotatable bonds is 5. The van der Waals surface area contributed by atoms with Crippen molar-refractivity contribution in [2.75, 3.05) is 7.05 Å². The number of aliphatic hydroxyl groups excluding tert-OH is 1. The van der Waals surface area contributed by atoms with E-state index in [0.717, 1.165) is 18.4 Å². The predicted molar refractivity (Wildman–Crippen MR) is 99.5 cm³/mol. The van der Waals surface area contributed by atoms with Gasteiger partial charge in [-0.2, -0.15) is 0 Å². The largest absolute Gasteiger partial charge is 0.454 e. The SMILES string of the molecule is CNC(=O)c1cc(C(=O)NC2[C@H]3CC(O)C[C@@H]23)c([C@@H](C)c2ccccc2)o1. The van der Waals surface area contributed by atoms with Crippen LogP contribution in [-0.4, -0.2) is 36.1 Å². The summed E-state index contributed by atoms with van der Waals surface area (Å²) in [6.45, 7) is 1.96. The average molecular weight is 368 g/mol. The summed E-state index contributed by atoms with van der Waals surface area (Å²) in [4.78, 5) is 24.9. The molecule has 1 heterocycles. The van der Waals surface area contributed by atoms with Gasteiger partial charge in [-0.15, -0.1) is 0 Å².